The highest BCUT2D eigenvalue weighted by molar-refractivity contribution is 7.92. The van der Waals surface area contributed by atoms with E-state index in [1.165, 1.54) is 31.2 Å². The molecule has 1 unspecified atom stereocenters. The zero-order chi connectivity index (χ0) is 22.4. The van der Waals surface area contributed by atoms with Crippen LogP contribution in [-0.4, -0.2) is 32.5 Å². The van der Waals surface area contributed by atoms with Gasteiger partial charge in [0.2, 0.25) is 15.8 Å². The lowest BCUT2D eigenvalue weighted by atomic mass is 10.0. The first-order chi connectivity index (χ1) is 14.7. The van der Waals surface area contributed by atoms with Crippen molar-refractivity contribution in [1.82, 2.24) is 0 Å². The molecule has 0 saturated heterocycles. The van der Waals surface area contributed by atoms with Gasteiger partial charge in [-0.15, -0.1) is 0 Å². The number of rotatable bonds is 8. The maximum atomic E-state index is 12.5. The van der Waals surface area contributed by atoms with Gasteiger partial charge in [0.25, 0.3) is 0 Å². The fourth-order valence-electron chi connectivity index (χ4n) is 3.06. The first kappa shape index (κ1) is 22.2. The number of benzene rings is 3. The summed E-state index contributed by atoms with van der Waals surface area (Å²) in [7, 11) is -3.40. The first-order valence-electron chi connectivity index (χ1n) is 9.67. The Morgan fingerprint density at radius 1 is 0.871 bits per heavy atom. The number of carbonyl (C=O) groups excluding carboxylic acids is 2. The molecule has 31 heavy (non-hydrogen) atoms. The van der Waals surface area contributed by atoms with Crippen molar-refractivity contribution >= 4 is 27.5 Å². The summed E-state index contributed by atoms with van der Waals surface area (Å²) in [5, 5.41) is 0. The monoisotopic (exact) mass is 437 g/mol. The number of hydrogen-bond acceptors (Lipinski definition) is 5. The van der Waals surface area contributed by atoms with Gasteiger partial charge in [-0.25, -0.2) is 8.42 Å². The summed E-state index contributed by atoms with van der Waals surface area (Å²) < 4.78 is 30.1. The summed E-state index contributed by atoms with van der Waals surface area (Å²) in [6.07, 6.45) is 0.150. The third-order valence-corrected chi connectivity index (χ3v) is 5.17. The number of hydrogen-bond donors (Lipinski definition) is 1. The zero-order valence-corrected chi connectivity index (χ0v) is 18.1. The lowest BCUT2D eigenvalue weighted by Crippen LogP contribution is -2.25. The second kappa shape index (κ2) is 9.57. The molecule has 3 aromatic carbocycles. The van der Waals surface area contributed by atoms with Crippen LogP contribution in [-0.2, 0) is 26.0 Å². The molecule has 0 heterocycles. The van der Waals surface area contributed by atoms with Crippen LogP contribution >= 0.6 is 0 Å². The van der Waals surface area contributed by atoms with Gasteiger partial charge < -0.3 is 4.74 Å². The number of esters is 1. The molecule has 0 radical (unpaired) electrons. The first-order valence-corrected chi connectivity index (χ1v) is 11.6. The molecule has 0 aliphatic carbocycles. The smallest absolute Gasteiger partial charge is 0.310 e. The minimum Gasteiger partial charge on any atom is -0.454 e. The number of anilines is 1. The topological polar surface area (TPSA) is 89.5 Å². The standard InChI is InChI=1S/C24H23NO5S/c1-17(24(27)21-12-14-22(15-13-21)25-31(2,28)29)30-23(26)16-18-8-10-20(11-9-18)19-6-4-3-5-7-19/h3-15,17,25H,16H2,1-2H3. The second-order valence-corrected chi connectivity index (χ2v) is 8.94. The van der Waals surface area contributed by atoms with Crippen molar-refractivity contribution in [3.05, 3.63) is 90.0 Å². The summed E-state index contributed by atoms with van der Waals surface area (Å²) in [5.41, 5.74) is 3.61. The molecule has 1 atom stereocenters. The van der Waals surface area contributed by atoms with Gasteiger partial charge in [-0.3, -0.25) is 14.3 Å². The second-order valence-electron chi connectivity index (χ2n) is 7.19. The highest BCUT2D eigenvalue weighted by Crippen LogP contribution is 2.20. The lowest BCUT2D eigenvalue weighted by Gasteiger charge is -2.13. The molecule has 0 saturated carbocycles. The van der Waals surface area contributed by atoms with Gasteiger partial charge in [0, 0.05) is 11.3 Å². The SMILES string of the molecule is CC(OC(=O)Cc1ccc(-c2ccccc2)cc1)C(=O)c1ccc(NS(C)(=O)=O)cc1. The van der Waals surface area contributed by atoms with Crippen LogP contribution in [0.4, 0.5) is 5.69 Å². The van der Waals surface area contributed by atoms with Crippen molar-refractivity contribution in [1.29, 1.82) is 0 Å². The molecule has 0 spiro atoms. The summed E-state index contributed by atoms with van der Waals surface area (Å²) in [6.45, 7) is 1.52. The Balaban J connectivity index is 1.57. The molecule has 0 fully saturated rings. The molecular weight excluding hydrogens is 414 g/mol. The number of sulfonamides is 1. The summed E-state index contributed by atoms with van der Waals surface area (Å²) >= 11 is 0. The van der Waals surface area contributed by atoms with Gasteiger partial charge in [0.15, 0.2) is 6.10 Å². The minimum absolute atomic E-state index is 0.0594. The van der Waals surface area contributed by atoms with Crippen LogP contribution in [0.15, 0.2) is 78.9 Å². The number of ketones is 1. The highest BCUT2D eigenvalue weighted by atomic mass is 32.2. The number of ether oxygens (including phenoxy) is 1. The Kier molecular flexibility index (Phi) is 6.87. The van der Waals surface area contributed by atoms with E-state index in [-0.39, 0.29) is 12.2 Å². The molecular formula is C24H23NO5S. The van der Waals surface area contributed by atoms with Crippen molar-refractivity contribution in [2.45, 2.75) is 19.4 Å². The van der Waals surface area contributed by atoms with Crippen LogP contribution in [0.5, 0.6) is 0 Å². The molecule has 3 aromatic rings. The molecule has 0 amide bonds. The molecule has 1 N–H and O–H groups in total. The third kappa shape index (κ3) is 6.52. The molecule has 0 bridgehead atoms. The van der Waals surface area contributed by atoms with Crippen molar-refractivity contribution in [3.63, 3.8) is 0 Å². The van der Waals surface area contributed by atoms with E-state index < -0.39 is 22.1 Å². The predicted molar refractivity (Wildman–Crippen MR) is 120 cm³/mol. The van der Waals surface area contributed by atoms with Gasteiger partial charge in [-0.05, 0) is 47.9 Å². The fourth-order valence-corrected chi connectivity index (χ4v) is 3.62. The van der Waals surface area contributed by atoms with Crippen LogP contribution < -0.4 is 4.72 Å². The van der Waals surface area contributed by atoms with E-state index in [1.54, 1.807) is 0 Å². The zero-order valence-electron chi connectivity index (χ0n) is 17.2. The van der Waals surface area contributed by atoms with E-state index in [0.717, 1.165) is 22.9 Å². The van der Waals surface area contributed by atoms with E-state index in [4.69, 9.17) is 4.74 Å². The molecule has 7 heteroatoms. The van der Waals surface area contributed by atoms with Crippen LogP contribution in [0.2, 0.25) is 0 Å². The molecule has 160 valence electrons. The van der Waals surface area contributed by atoms with E-state index in [2.05, 4.69) is 4.72 Å². The Bertz CT molecular complexity index is 1150. The summed E-state index contributed by atoms with van der Waals surface area (Å²) in [4.78, 5) is 24.8. The van der Waals surface area contributed by atoms with Gasteiger partial charge in [-0.1, -0.05) is 54.6 Å². The molecule has 0 aromatic heterocycles. The summed E-state index contributed by atoms with van der Waals surface area (Å²) in [5.74, 6) is -0.859. The third-order valence-electron chi connectivity index (χ3n) is 4.56. The van der Waals surface area contributed by atoms with Crippen LogP contribution in [0.25, 0.3) is 11.1 Å². The highest BCUT2D eigenvalue weighted by Gasteiger charge is 2.20. The Morgan fingerprint density at radius 3 is 2.03 bits per heavy atom. The molecule has 0 aliphatic rings. The predicted octanol–water partition coefficient (Wildman–Crippen LogP) is 4.08. The maximum absolute atomic E-state index is 12.5. The number of nitrogens with one attached hydrogen (secondary N) is 1. The minimum atomic E-state index is -3.40. The van der Waals surface area contributed by atoms with E-state index in [9.17, 15) is 18.0 Å². The van der Waals surface area contributed by atoms with Gasteiger partial charge in [0.05, 0.1) is 12.7 Å². The van der Waals surface area contributed by atoms with Gasteiger partial charge in [0.1, 0.15) is 0 Å². The van der Waals surface area contributed by atoms with Crippen LogP contribution in [0.3, 0.4) is 0 Å². The molecule has 6 nitrogen and oxygen atoms in total. The van der Waals surface area contributed by atoms with Crippen molar-refractivity contribution < 1.29 is 22.7 Å². The van der Waals surface area contributed by atoms with Crippen molar-refractivity contribution in [3.8, 4) is 11.1 Å². The largest absolute Gasteiger partial charge is 0.454 e. The quantitative estimate of drug-likeness (QED) is 0.424. The van der Waals surface area contributed by atoms with Crippen LogP contribution in [0, 0.1) is 0 Å². The Morgan fingerprint density at radius 2 is 1.45 bits per heavy atom. The molecule has 0 aliphatic heterocycles. The Hall–Kier alpha value is -3.45. The average Bonchev–Trinajstić information content (AvgIpc) is 2.73. The number of Topliss-reactive ketones (excluding diaryl/α,β-unsaturated/α-hetero) is 1. The van der Waals surface area contributed by atoms with E-state index in [0.29, 0.717) is 11.3 Å². The average molecular weight is 438 g/mol. The van der Waals surface area contributed by atoms with Crippen LogP contribution in [0.1, 0.15) is 22.8 Å². The van der Waals surface area contributed by atoms with Gasteiger partial charge >= 0.3 is 5.97 Å². The normalized spacial score (nSPS) is 12.1. The fraction of sp³-hybridized carbons (Fsp3) is 0.167. The maximum Gasteiger partial charge on any atom is 0.310 e. The summed E-state index contributed by atoms with van der Waals surface area (Å²) in [6, 6.07) is 23.5. The van der Waals surface area contributed by atoms with E-state index >= 15 is 0 Å². The van der Waals surface area contributed by atoms with Crippen molar-refractivity contribution in [2.24, 2.45) is 0 Å². The van der Waals surface area contributed by atoms with Crippen molar-refractivity contribution in [2.75, 3.05) is 11.0 Å². The lowest BCUT2D eigenvalue weighted by molar-refractivity contribution is -0.145. The number of carbonyl (C=O) groups is 2. The van der Waals surface area contributed by atoms with E-state index in [1.807, 2.05) is 54.6 Å². The Labute approximate surface area is 181 Å². The van der Waals surface area contributed by atoms with Gasteiger partial charge in [-0.2, -0.15) is 0 Å². The molecule has 3 rings (SSSR count).